The summed E-state index contributed by atoms with van der Waals surface area (Å²) in [5.74, 6) is 0.967. The molecule has 3 N–H and O–H groups in total. The van der Waals surface area contributed by atoms with Crippen LogP contribution in [0, 0.1) is 17.3 Å². The molecule has 4 rings (SSSR count). The molecule has 3 fully saturated rings. The Labute approximate surface area is 167 Å². The lowest BCUT2D eigenvalue weighted by molar-refractivity contribution is -0.134. The number of rotatable bonds is 5. The van der Waals surface area contributed by atoms with Gasteiger partial charge in [0.25, 0.3) is 0 Å². The van der Waals surface area contributed by atoms with Crippen LogP contribution >= 0.6 is 12.4 Å². The van der Waals surface area contributed by atoms with Crippen LogP contribution in [-0.4, -0.2) is 24.9 Å². The van der Waals surface area contributed by atoms with E-state index in [1.54, 1.807) is 0 Å². The van der Waals surface area contributed by atoms with Gasteiger partial charge < -0.3 is 16.0 Å². The molecule has 148 valence electrons. The van der Waals surface area contributed by atoms with E-state index in [-0.39, 0.29) is 35.6 Å². The molecule has 1 aliphatic heterocycles. The SMILES string of the molecule is Cl.O=C(Nc1cccc(CNC(=O)[C@@]23CCCC[C@H]2CNC3)c1)C1CCC1. The minimum Gasteiger partial charge on any atom is -0.351 e. The van der Waals surface area contributed by atoms with Gasteiger partial charge in [-0.2, -0.15) is 0 Å². The number of halogens is 1. The second kappa shape index (κ2) is 8.61. The number of hydrogen-bond donors (Lipinski definition) is 3. The lowest BCUT2D eigenvalue weighted by Crippen LogP contribution is -2.47. The summed E-state index contributed by atoms with van der Waals surface area (Å²) in [7, 11) is 0. The van der Waals surface area contributed by atoms with Gasteiger partial charge in [0, 0.05) is 24.7 Å². The van der Waals surface area contributed by atoms with Gasteiger partial charge in [0.05, 0.1) is 5.41 Å². The van der Waals surface area contributed by atoms with Crippen LogP contribution < -0.4 is 16.0 Å². The molecule has 0 aromatic heterocycles. The van der Waals surface area contributed by atoms with E-state index in [0.717, 1.165) is 62.9 Å². The first-order valence-electron chi connectivity index (χ1n) is 10.1. The fourth-order valence-electron chi connectivity index (χ4n) is 4.72. The maximum absolute atomic E-state index is 13.0. The van der Waals surface area contributed by atoms with Gasteiger partial charge in [-0.25, -0.2) is 0 Å². The van der Waals surface area contributed by atoms with Crippen LogP contribution in [0.5, 0.6) is 0 Å². The normalized spacial score (nSPS) is 27.0. The molecule has 5 nitrogen and oxygen atoms in total. The van der Waals surface area contributed by atoms with Crippen molar-refractivity contribution in [2.45, 2.75) is 51.5 Å². The second-order valence-corrected chi connectivity index (χ2v) is 8.23. The summed E-state index contributed by atoms with van der Waals surface area (Å²) in [6, 6.07) is 7.83. The minimum atomic E-state index is -0.214. The molecule has 2 amide bonds. The summed E-state index contributed by atoms with van der Waals surface area (Å²) >= 11 is 0. The van der Waals surface area contributed by atoms with E-state index in [2.05, 4.69) is 16.0 Å². The topological polar surface area (TPSA) is 70.2 Å². The molecular formula is C21H30ClN3O2. The van der Waals surface area contributed by atoms with E-state index in [0.29, 0.717) is 12.5 Å². The van der Waals surface area contributed by atoms with Crippen LogP contribution in [0.25, 0.3) is 0 Å². The smallest absolute Gasteiger partial charge is 0.228 e. The Morgan fingerprint density at radius 3 is 2.78 bits per heavy atom. The molecule has 1 heterocycles. The maximum Gasteiger partial charge on any atom is 0.228 e. The van der Waals surface area contributed by atoms with Gasteiger partial charge in [-0.3, -0.25) is 9.59 Å². The lowest BCUT2D eigenvalue weighted by atomic mass is 9.67. The highest BCUT2D eigenvalue weighted by Crippen LogP contribution is 2.43. The summed E-state index contributed by atoms with van der Waals surface area (Å²) in [5.41, 5.74) is 1.64. The average molecular weight is 392 g/mol. The monoisotopic (exact) mass is 391 g/mol. The van der Waals surface area contributed by atoms with Crippen LogP contribution in [0.15, 0.2) is 24.3 Å². The van der Waals surface area contributed by atoms with Crippen molar-refractivity contribution in [3.63, 3.8) is 0 Å². The molecule has 0 unspecified atom stereocenters. The van der Waals surface area contributed by atoms with Gasteiger partial charge in [0.1, 0.15) is 0 Å². The van der Waals surface area contributed by atoms with E-state index < -0.39 is 0 Å². The first kappa shape index (κ1) is 20.2. The zero-order valence-corrected chi connectivity index (χ0v) is 16.6. The number of nitrogens with one attached hydrogen (secondary N) is 3. The first-order chi connectivity index (χ1) is 12.7. The molecule has 0 spiro atoms. The number of hydrogen-bond acceptors (Lipinski definition) is 3. The highest BCUT2D eigenvalue weighted by molar-refractivity contribution is 5.93. The number of benzene rings is 1. The minimum absolute atomic E-state index is 0. The van der Waals surface area contributed by atoms with Crippen LogP contribution in [-0.2, 0) is 16.1 Å². The zero-order valence-electron chi connectivity index (χ0n) is 15.8. The Morgan fingerprint density at radius 2 is 2.00 bits per heavy atom. The molecule has 2 aliphatic carbocycles. The molecule has 0 radical (unpaired) electrons. The second-order valence-electron chi connectivity index (χ2n) is 8.23. The largest absolute Gasteiger partial charge is 0.351 e. The molecule has 1 aromatic rings. The molecule has 2 atom stereocenters. The van der Waals surface area contributed by atoms with Crippen molar-refractivity contribution in [1.82, 2.24) is 10.6 Å². The van der Waals surface area contributed by atoms with Gasteiger partial charge >= 0.3 is 0 Å². The third-order valence-corrected chi connectivity index (χ3v) is 6.61. The summed E-state index contributed by atoms with van der Waals surface area (Å²) in [6.07, 6.45) is 7.69. The van der Waals surface area contributed by atoms with E-state index in [1.165, 1.54) is 6.42 Å². The average Bonchev–Trinajstić information content (AvgIpc) is 3.03. The number of anilines is 1. The molecule has 3 aliphatic rings. The maximum atomic E-state index is 13.0. The summed E-state index contributed by atoms with van der Waals surface area (Å²) in [6.45, 7) is 2.29. The summed E-state index contributed by atoms with van der Waals surface area (Å²) in [4.78, 5) is 25.1. The molecule has 1 aromatic carbocycles. The molecular weight excluding hydrogens is 362 g/mol. The quantitative estimate of drug-likeness (QED) is 0.721. The van der Waals surface area contributed by atoms with E-state index >= 15 is 0 Å². The van der Waals surface area contributed by atoms with Gasteiger partial charge in [-0.15, -0.1) is 12.4 Å². The third kappa shape index (κ3) is 4.14. The zero-order chi connectivity index (χ0) is 18.0. The van der Waals surface area contributed by atoms with Crippen LogP contribution in [0.1, 0.15) is 50.5 Å². The van der Waals surface area contributed by atoms with Crippen LogP contribution in [0.3, 0.4) is 0 Å². The lowest BCUT2D eigenvalue weighted by Gasteiger charge is -2.37. The number of carbonyl (C=O) groups excluding carboxylic acids is 2. The van der Waals surface area contributed by atoms with Gasteiger partial charge in [0.2, 0.25) is 11.8 Å². The predicted octanol–water partition coefficient (Wildman–Crippen LogP) is 3.24. The van der Waals surface area contributed by atoms with Crippen LogP contribution in [0.2, 0.25) is 0 Å². The number of amides is 2. The van der Waals surface area contributed by atoms with Crippen LogP contribution in [0.4, 0.5) is 5.69 Å². The van der Waals surface area contributed by atoms with Crippen molar-refractivity contribution in [1.29, 1.82) is 0 Å². The standard InChI is InChI=1S/C21H29N3O2.ClH/c25-19(16-6-4-7-16)24-18-9-3-5-15(11-18)12-23-20(26)21-10-2-1-8-17(21)13-22-14-21;/h3,5,9,11,16-17,22H,1-2,4,6-8,10,12-14H2,(H,23,26)(H,24,25);1H/t17-,21+;/m0./s1. The van der Waals surface area contributed by atoms with Crippen molar-refractivity contribution in [2.75, 3.05) is 18.4 Å². The molecule has 0 bridgehead atoms. The van der Waals surface area contributed by atoms with Gasteiger partial charge in [0.15, 0.2) is 0 Å². The van der Waals surface area contributed by atoms with Crippen molar-refractivity contribution in [3.8, 4) is 0 Å². The molecule has 1 saturated heterocycles. The van der Waals surface area contributed by atoms with E-state index in [4.69, 9.17) is 0 Å². The molecule has 2 saturated carbocycles. The number of fused-ring (bicyclic) bond motifs is 1. The third-order valence-electron chi connectivity index (χ3n) is 6.61. The van der Waals surface area contributed by atoms with Crippen molar-refractivity contribution >= 4 is 29.9 Å². The highest BCUT2D eigenvalue weighted by atomic mass is 35.5. The summed E-state index contributed by atoms with van der Waals surface area (Å²) in [5, 5.41) is 9.60. The highest BCUT2D eigenvalue weighted by Gasteiger charge is 2.49. The Hall–Kier alpha value is -1.59. The van der Waals surface area contributed by atoms with E-state index in [9.17, 15) is 9.59 Å². The van der Waals surface area contributed by atoms with E-state index in [1.807, 2.05) is 24.3 Å². The van der Waals surface area contributed by atoms with Crippen molar-refractivity contribution in [3.05, 3.63) is 29.8 Å². The first-order valence-corrected chi connectivity index (χ1v) is 10.1. The van der Waals surface area contributed by atoms with Gasteiger partial charge in [-0.05, 0) is 55.8 Å². The molecule has 27 heavy (non-hydrogen) atoms. The number of carbonyl (C=O) groups is 2. The Morgan fingerprint density at radius 1 is 1.15 bits per heavy atom. The van der Waals surface area contributed by atoms with Crippen molar-refractivity contribution in [2.24, 2.45) is 17.3 Å². The molecule has 6 heteroatoms. The predicted molar refractivity (Wildman–Crippen MR) is 109 cm³/mol. The fraction of sp³-hybridized carbons (Fsp3) is 0.619. The summed E-state index contributed by atoms with van der Waals surface area (Å²) < 4.78 is 0. The fourth-order valence-corrected chi connectivity index (χ4v) is 4.72. The van der Waals surface area contributed by atoms with Crippen molar-refractivity contribution < 1.29 is 9.59 Å². The van der Waals surface area contributed by atoms with Gasteiger partial charge in [-0.1, -0.05) is 31.4 Å². The Balaban J connectivity index is 0.00000210. The Kier molecular flexibility index (Phi) is 6.43. The Bertz CT molecular complexity index is 692.